The summed E-state index contributed by atoms with van der Waals surface area (Å²) in [6, 6.07) is 14.7. The Morgan fingerprint density at radius 2 is 1.79 bits per heavy atom. The van der Waals surface area contributed by atoms with Crippen molar-refractivity contribution in [1.82, 2.24) is 0 Å². The van der Waals surface area contributed by atoms with Crippen molar-refractivity contribution >= 4 is 31.6 Å². The molecule has 2 rings (SSSR count). The van der Waals surface area contributed by atoms with E-state index in [1.807, 2.05) is 6.07 Å². The van der Waals surface area contributed by atoms with Crippen LogP contribution in [-0.4, -0.2) is 8.42 Å². The van der Waals surface area contributed by atoms with E-state index in [9.17, 15) is 8.42 Å². The van der Waals surface area contributed by atoms with Crippen LogP contribution in [0.3, 0.4) is 0 Å². The quantitative estimate of drug-likeness (QED) is 0.935. The van der Waals surface area contributed by atoms with Gasteiger partial charge in [-0.25, -0.2) is 8.42 Å². The third-order valence-electron chi connectivity index (χ3n) is 2.40. The molecule has 0 spiro atoms. The predicted molar refractivity (Wildman–Crippen MR) is 76.1 cm³/mol. The highest BCUT2D eigenvalue weighted by Crippen LogP contribution is 2.25. The van der Waals surface area contributed by atoms with Crippen LogP contribution in [0.25, 0.3) is 0 Å². The van der Waals surface area contributed by atoms with Crippen molar-refractivity contribution in [2.45, 2.75) is 4.90 Å². The third kappa shape index (κ3) is 3.13. The minimum atomic E-state index is -3.62. The van der Waals surface area contributed by atoms with Gasteiger partial charge in [0.1, 0.15) is 0 Å². The lowest BCUT2D eigenvalue weighted by atomic mass is 10.2. The minimum Gasteiger partial charge on any atom is -0.278 e. The topological polar surface area (TPSA) is 70.0 Å². The highest BCUT2D eigenvalue weighted by atomic mass is 79.9. The number of sulfonamides is 1. The molecule has 4 nitrogen and oxygen atoms in total. The number of anilines is 1. The van der Waals surface area contributed by atoms with Gasteiger partial charge in [0, 0.05) is 4.47 Å². The van der Waals surface area contributed by atoms with E-state index in [1.165, 1.54) is 12.1 Å². The van der Waals surface area contributed by atoms with Crippen LogP contribution in [0.4, 0.5) is 5.69 Å². The molecule has 0 unspecified atom stereocenters. The van der Waals surface area contributed by atoms with Crippen LogP contribution >= 0.6 is 15.9 Å². The Labute approximate surface area is 119 Å². The largest absolute Gasteiger partial charge is 0.278 e. The summed E-state index contributed by atoms with van der Waals surface area (Å²) in [5.41, 5.74) is 0.845. The molecule has 0 saturated carbocycles. The predicted octanol–water partition coefficient (Wildman–Crippen LogP) is 3.12. The van der Waals surface area contributed by atoms with E-state index in [1.54, 1.807) is 36.4 Å². The Hall–Kier alpha value is -1.84. The Kier molecular flexibility index (Phi) is 3.88. The number of nitrogens with one attached hydrogen (secondary N) is 1. The van der Waals surface area contributed by atoms with Gasteiger partial charge in [-0.1, -0.05) is 18.2 Å². The smallest absolute Gasteiger partial charge is 0.261 e. The standard InChI is InChI=1S/C13H9BrN2O2S/c14-12-8-10(9-15)6-7-13(12)16-19(17,18)11-4-2-1-3-5-11/h1-8,16H. The van der Waals surface area contributed by atoms with Crippen molar-refractivity contribution < 1.29 is 8.42 Å². The van der Waals surface area contributed by atoms with Gasteiger partial charge in [-0.05, 0) is 46.3 Å². The Morgan fingerprint density at radius 1 is 1.11 bits per heavy atom. The highest BCUT2D eigenvalue weighted by molar-refractivity contribution is 9.10. The zero-order valence-corrected chi connectivity index (χ0v) is 12.1. The van der Waals surface area contributed by atoms with Crippen LogP contribution in [0, 0.1) is 11.3 Å². The number of rotatable bonds is 3. The maximum Gasteiger partial charge on any atom is 0.261 e. The van der Waals surface area contributed by atoms with Crippen molar-refractivity contribution in [2.75, 3.05) is 4.72 Å². The first-order chi connectivity index (χ1) is 9.03. The number of hydrogen-bond acceptors (Lipinski definition) is 3. The molecule has 1 N–H and O–H groups in total. The second-order valence-corrected chi connectivity index (χ2v) is 6.26. The molecular formula is C13H9BrN2O2S. The zero-order chi connectivity index (χ0) is 13.9. The molecule has 0 fully saturated rings. The molecule has 0 radical (unpaired) electrons. The third-order valence-corrected chi connectivity index (χ3v) is 4.43. The van der Waals surface area contributed by atoms with E-state index in [0.29, 0.717) is 15.7 Å². The summed E-state index contributed by atoms with van der Waals surface area (Å²) in [7, 11) is -3.62. The lowest BCUT2D eigenvalue weighted by Crippen LogP contribution is -2.13. The second kappa shape index (κ2) is 5.43. The number of hydrogen-bond donors (Lipinski definition) is 1. The Bertz CT molecular complexity index is 737. The summed E-state index contributed by atoms with van der Waals surface area (Å²) < 4.78 is 27.2. The van der Waals surface area contributed by atoms with Gasteiger partial charge in [0.05, 0.1) is 22.2 Å². The van der Waals surface area contributed by atoms with Gasteiger partial charge in [0.15, 0.2) is 0 Å². The molecule has 0 amide bonds. The summed E-state index contributed by atoms with van der Waals surface area (Å²) in [5, 5.41) is 8.75. The highest BCUT2D eigenvalue weighted by Gasteiger charge is 2.15. The molecule has 2 aromatic carbocycles. The summed E-state index contributed by atoms with van der Waals surface area (Å²) in [6.45, 7) is 0. The van der Waals surface area contributed by atoms with Crippen molar-refractivity contribution in [3.63, 3.8) is 0 Å². The molecule has 0 bridgehead atoms. The number of nitrogens with zero attached hydrogens (tertiary/aromatic N) is 1. The molecule has 0 atom stereocenters. The van der Waals surface area contributed by atoms with Crippen molar-refractivity contribution in [2.24, 2.45) is 0 Å². The fourth-order valence-corrected chi connectivity index (χ4v) is 3.18. The molecule has 96 valence electrons. The van der Waals surface area contributed by atoms with Gasteiger partial charge in [-0.3, -0.25) is 4.72 Å². The van der Waals surface area contributed by atoms with Crippen molar-refractivity contribution in [3.05, 3.63) is 58.6 Å². The van der Waals surface area contributed by atoms with Crippen LogP contribution < -0.4 is 4.72 Å². The van der Waals surface area contributed by atoms with Gasteiger partial charge in [0.25, 0.3) is 10.0 Å². The maximum atomic E-state index is 12.1. The summed E-state index contributed by atoms with van der Waals surface area (Å²) in [5.74, 6) is 0. The first-order valence-corrected chi connectivity index (χ1v) is 7.58. The zero-order valence-electron chi connectivity index (χ0n) is 9.67. The molecule has 0 aliphatic heterocycles. The van der Waals surface area contributed by atoms with E-state index in [-0.39, 0.29) is 4.90 Å². The summed E-state index contributed by atoms with van der Waals surface area (Å²) in [4.78, 5) is 0.186. The molecule has 0 aliphatic rings. The Balaban J connectivity index is 2.34. The molecule has 2 aromatic rings. The van der Waals surface area contributed by atoms with E-state index in [4.69, 9.17) is 5.26 Å². The van der Waals surface area contributed by atoms with Crippen LogP contribution in [-0.2, 0) is 10.0 Å². The van der Waals surface area contributed by atoms with Crippen LogP contribution in [0.15, 0.2) is 57.9 Å². The SMILES string of the molecule is N#Cc1ccc(NS(=O)(=O)c2ccccc2)c(Br)c1. The molecule has 19 heavy (non-hydrogen) atoms. The van der Waals surface area contributed by atoms with E-state index < -0.39 is 10.0 Å². The number of nitriles is 1. The van der Waals surface area contributed by atoms with E-state index in [2.05, 4.69) is 20.7 Å². The van der Waals surface area contributed by atoms with Gasteiger partial charge >= 0.3 is 0 Å². The molecule has 0 aliphatic carbocycles. The monoisotopic (exact) mass is 336 g/mol. The van der Waals surface area contributed by atoms with Crippen molar-refractivity contribution in [3.8, 4) is 6.07 Å². The van der Waals surface area contributed by atoms with Gasteiger partial charge < -0.3 is 0 Å². The van der Waals surface area contributed by atoms with Crippen LogP contribution in [0.1, 0.15) is 5.56 Å². The average molecular weight is 337 g/mol. The molecule has 0 saturated heterocycles. The number of halogens is 1. The fourth-order valence-electron chi connectivity index (χ4n) is 1.47. The molecular weight excluding hydrogens is 328 g/mol. The van der Waals surface area contributed by atoms with Crippen molar-refractivity contribution in [1.29, 1.82) is 5.26 Å². The summed E-state index contributed by atoms with van der Waals surface area (Å²) >= 11 is 3.24. The molecule has 6 heteroatoms. The fraction of sp³-hybridized carbons (Fsp3) is 0. The first-order valence-electron chi connectivity index (χ1n) is 5.30. The molecule has 0 heterocycles. The van der Waals surface area contributed by atoms with Gasteiger partial charge in [-0.15, -0.1) is 0 Å². The van der Waals surface area contributed by atoms with Gasteiger partial charge in [-0.2, -0.15) is 5.26 Å². The number of benzene rings is 2. The Morgan fingerprint density at radius 3 is 2.37 bits per heavy atom. The maximum absolute atomic E-state index is 12.1. The normalized spacial score (nSPS) is 10.7. The lowest BCUT2D eigenvalue weighted by Gasteiger charge is -2.09. The lowest BCUT2D eigenvalue weighted by molar-refractivity contribution is 0.601. The van der Waals surface area contributed by atoms with E-state index >= 15 is 0 Å². The molecule has 0 aromatic heterocycles. The van der Waals surface area contributed by atoms with Crippen LogP contribution in [0.5, 0.6) is 0 Å². The second-order valence-electron chi connectivity index (χ2n) is 3.72. The van der Waals surface area contributed by atoms with Gasteiger partial charge in [0.2, 0.25) is 0 Å². The van der Waals surface area contributed by atoms with Crippen LogP contribution in [0.2, 0.25) is 0 Å². The average Bonchev–Trinajstić information content (AvgIpc) is 2.42. The summed E-state index contributed by atoms with van der Waals surface area (Å²) in [6.07, 6.45) is 0. The first kappa shape index (κ1) is 13.6. The minimum absolute atomic E-state index is 0.186. The van der Waals surface area contributed by atoms with E-state index in [0.717, 1.165) is 0 Å².